The van der Waals surface area contributed by atoms with Crippen molar-refractivity contribution in [3.63, 3.8) is 0 Å². The van der Waals surface area contributed by atoms with Gasteiger partial charge in [0.25, 0.3) is 0 Å². The predicted molar refractivity (Wildman–Crippen MR) is 75.5 cm³/mol. The molecule has 0 fully saturated rings. The molecule has 0 aromatic heterocycles. The first-order valence-electron chi connectivity index (χ1n) is 5.95. The zero-order valence-electron chi connectivity index (χ0n) is 11.1. The van der Waals surface area contributed by atoms with Gasteiger partial charge in [0, 0.05) is 29.8 Å². The van der Waals surface area contributed by atoms with Crippen molar-refractivity contribution in [3.05, 3.63) is 35.4 Å². The first kappa shape index (κ1) is 14.9. The first-order chi connectivity index (χ1) is 8.67. The Morgan fingerprint density at radius 2 is 2.17 bits per heavy atom. The van der Waals surface area contributed by atoms with Crippen molar-refractivity contribution in [1.29, 1.82) is 0 Å². The number of halogens is 1. The number of benzene rings is 1. The lowest BCUT2D eigenvalue weighted by molar-refractivity contribution is 0.351. The minimum atomic E-state index is 0.433. The SMILES string of the molecule is COc1ccc(CNC(C)C)c(OC/C=C/Cl)c1. The van der Waals surface area contributed by atoms with Crippen LogP contribution in [0.3, 0.4) is 0 Å². The van der Waals surface area contributed by atoms with E-state index in [9.17, 15) is 0 Å². The van der Waals surface area contributed by atoms with Crippen LogP contribution in [0.5, 0.6) is 11.5 Å². The molecule has 3 nitrogen and oxygen atoms in total. The molecule has 18 heavy (non-hydrogen) atoms. The Labute approximate surface area is 114 Å². The molecule has 1 aromatic rings. The summed E-state index contributed by atoms with van der Waals surface area (Å²) in [6, 6.07) is 6.26. The Kier molecular flexibility index (Phi) is 6.61. The van der Waals surface area contributed by atoms with Crippen LogP contribution in [0, 0.1) is 0 Å². The van der Waals surface area contributed by atoms with Gasteiger partial charge in [-0.1, -0.05) is 31.5 Å². The van der Waals surface area contributed by atoms with Gasteiger partial charge in [-0.15, -0.1) is 0 Å². The molecule has 0 heterocycles. The monoisotopic (exact) mass is 269 g/mol. The smallest absolute Gasteiger partial charge is 0.127 e. The van der Waals surface area contributed by atoms with Crippen LogP contribution in [0.25, 0.3) is 0 Å². The molecule has 0 aliphatic heterocycles. The number of hydrogen-bond acceptors (Lipinski definition) is 3. The van der Waals surface area contributed by atoms with E-state index in [0.717, 1.165) is 23.6 Å². The fourth-order valence-corrected chi connectivity index (χ4v) is 1.50. The third-order valence-electron chi connectivity index (χ3n) is 2.40. The highest BCUT2D eigenvalue weighted by molar-refractivity contribution is 6.25. The van der Waals surface area contributed by atoms with E-state index < -0.39 is 0 Å². The number of ether oxygens (including phenoxy) is 2. The zero-order chi connectivity index (χ0) is 13.4. The molecule has 100 valence electrons. The quantitative estimate of drug-likeness (QED) is 0.824. The zero-order valence-corrected chi connectivity index (χ0v) is 11.8. The van der Waals surface area contributed by atoms with Gasteiger partial charge < -0.3 is 14.8 Å². The van der Waals surface area contributed by atoms with Gasteiger partial charge in [0.05, 0.1) is 7.11 Å². The van der Waals surface area contributed by atoms with E-state index in [1.165, 1.54) is 5.54 Å². The Balaban J connectivity index is 2.78. The molecule has 0 atom stereocenters. The largest absolute Gasteiger partial charge is 0.497 e. The number of nitrogens with one attached hydrogen (secondary N) is 1. The van der Waals surface area contributed by atoms with Crippen molar-refractivity contribution >= 4 is 11.6 Å². The fourth-order valence-electron chi connectivity index (χ4n) is 1.43. The molecule has 0 radical (unpaired) electrons. The van der Waals surface area contributed by atoms with Gasteiger partial charge in [-0.3, -0.25) is 0 Å². The van der Waals surface area contributed by atoms with Crippen LogP contribution in [0.1, 0.15) is 19.4 Å². The molecular weight excluding hydrogens is 250 g/mol. The van der Waals surface area contributed by atoms with Crippen molar-refractivity contribution in [1.82, 2.24) is 5.32 Å². The van der Waals surface area contributed by atoms with Crippen LogP contribution in [-0.4, -0.2) is 19.8 Å². The second-order valence-electron chi connectivity index (χ2n) is 4.18. The van der Waals surface area contributed by atoms with Gasteiger partial charge in [-0.25, -0.2) is 0 Å². The lowest BCUT2D eigenvalue weighted by Crippen LogP contribution is -2.22. The number of methoxy groups -OCH3 is 1. The van der Waals surface area contributed by atoms with Crippen molar-refractivity contribution in [2.24, 2.45) is 0 Å². The van der Waals surface area contributed by atoms with E-state index in [-0.39, 0.29) is 0 Å². The van der Waals surface area contributed by atoms with E-state index in [0.29, 0.717) is 12.6 Å². The van der Waals surface area contributed by atoms with Crippen LogP contribution in [-0.2, 0) is 6.54 Å². The molecule has 0 saturated heterocycles. The summed E-state index contributed by atoms with van der Waals surface area (Å²) < 4.78 is 10.9. The molecule has 1 rings (SSSR count). The highest BCUT2D eigenvalue weighted by Crippen LogP contribution is 2.25. The molecule has 0 amide bonds. The summed E-state index contributed by atoms with van der Waals surface area (Å²) in [7, 11) is 1.64. The van der Waals surface area contributed by atoms with Gasteiger partial charge in [0.2, 0.25) is 0 Å². The van der Waals surface area contributed by atoms with E-state index in [1.807, 2.05) is 18.2 Å². The van der Waals surface area contributed by atoms with E-state index >= 15 is 0 Å². The Bertz CT molecular complexity index is 391. The van der Waals surface area contributed by atoms with E-state index in [2.05, 4.69) is 19.2 Å². The summed E-state index contributed by atoms with van der Waals surface area (Å²) in [6.45, 7) is 5.44. The first-order valence-corrected chi connectivity index (χ1v) is 6.39. The topological polar surface area (TPSA) is 30.5 Å². The molecule has 1 aromatic carbocycles. The molecule has 0 bridgehead atoms. The van der Waals surface area contributed by atoms with Crippen LogP contribution in [0.2, 0.25) is 0 Å². The van der Waals surface area contributed by atoms with Crippen LogP contribution in [0.15, 0.2) is 29.8 Å². The van der Waals surface area contributed by atoms with Crippen molar-refractivity contribution < 1.29 is 9.47 Å². The Hall–Kier alpha value is -1.19. The minimum Gasteiger partial charge on any atom is -0.497 e. The predicted octanol–water partition coefficient (Wildman–Crippen LogP) is 3.32. The fraction of sp³-hybridized carbons (Fsp3) is 0.429. The summed E-state index contributed by atoms with van der Waals surface area (Å²) in [4.78, 5) is 0. The van der Waals surface area contributed by atoms with Gasteiger partial charge in [0.1, 0.15) is 18.1 Å². The molecule has 4 heteroatoms. The Morgan fingerprint density at radius 1 is 1.39 bits per heavy atom. The minimum absolute atomic E-state index is 0.433. The molecule has 1 N–H and O–H groups in total. The van der Waals surface area contributed by atoms with Gasteiger partial charge in [-0.05, 0) is 12.1 Å². The summed E-state index contributed by atoms with van der Waals surface area (Å²) in [5.74, 6) is 1.60. The standard InChI is InChI=1S/C14H20ClNO2/c1-11(2)16-10-12-5-6-13(17-3)9-14(12)18-8-4-7-15/h4-7,9,11,16H,8,10H2,1-3H3/b7-4+. The molecule has 0 aliphatic carbocycles. The average molecular weight is 270 g/mol. The van der Waals surface area contributed by atoms with Crippen LogP contribution >= 0.6 is 11.6 Å². The van der Waals surface area contributed by atoms with Crippen molar-refractivity contribution in [3.8, 4) is 11.5 Å². The Morgan fingerprint density at radius 3 is 2.78 bits per heavy atom. The number of rotatable bonds is 7. The second-order valence-corrected chi connectivity index (χ2v) is 4.43. The van der Waals surface area contributed by atoms with Crippen molar-refractivity contribution in [2.75, 3.05) is 13.7 Å². The third-order valence-corrected chi connectivity index (χ3v) is 2.58. The maximum atomic E-state index is 5.66. The lowest BCUT2D eigenvalue weighted by atomic mass is 10.2. The highest BCUT2D eigenvalue weighted by Gasteiger charge is 2.06. The van der Waals surface area contributed by atoms with E-state index in [4.69, 9.17) is 21.1 Å². The highest BCUT2D eigenvalue weighted by atomic mass is 35.5. The second kappa shape index (κ2) is 8.01. The summed E-state index contributed by atoms with van der Waals surface area (Å²) in [5, 5.41) is 3.37. The summed E-state index contributed by atoms with van der Waals surface area (Å²) in [6.07, 6.45) is 1.75. The lowest BCUT2D eigenvalue weighted by Gasteiger charge is -2.14. The summed E-state index contributed by atoms with van der Waals surface area (Å²) >= 11 is 5.47. The van der Waals surface area contributed by atoms with Gasteiger partial charge in [0.15, 0.2) is 0 Å². The maximum absolute atomic E-state index is 5.66. The van der Waals surface area contributed by atoms with E-state index in [1.54, 1.807) is 13.2 Å². The van der Waals surface area contributed by atoms with Crippen molar-refractivity contribution in [2.45, 2.75) is 26.4 Å². The maximum Gasteiger partial charge on any atom is 0.127 e. The molecular formula is C14H20ClNO2. The summed E-state index contributed by atoms with van der Waals surface area (Å²) in [5.41, 5.74) is 2.55. The molecule has 0 unspecified atom stereocenters. The third kappa shape index (κ3) is 4.98. The number of hydrogen-bond donors (Lipinski definition) is 1. The van der Waals surface area contributed by atoms with Gasteiger partial charge >= 0.3 is 0 Å². The van der Waals surface area contributed by atoms with Crippen LogP contribution in [0.4, 0.5) is 0 Å². The molecule has 0 spiro atoms. The molecule has 0 aliphatic rings. The average Bonchev–Trinajstić information content (AvgIpc) is 2.37. The van der Waals surface area contributed by atoms with Gasteiger partial charge in [-0.2, -0.15) is 0 Å². The molecule has 0 saturated carbocycles. The van der Waals surface area contributed by atoms with Crippen LogP contribution < -0.4 is 14.8 Å². The normalized spacial score (nSPS) is 11.2.